The minimum Gasteiger partial charge on any atom is -0.394 e. The Hall–Kier alpha value is -1.57. The number of nitrogens with zero attached hydrogens (tertiary/aromatic N) is 3. The van der Waals surface area contributed by atoms with Crippen LogP contribution in [0.1, 0.15) is 19.4 Å². The van der Waals surface area contributed by atoms with Crippen molar-refractivity contribution in [3.8, 4) is 6.07 Å². The van der Waals surface area contributed by atoms with Gasteiger partial charge in [-0.1, -0.05) is 6.07 Å². The fourth-order valence-corrected chi connectivity index (χ4v) is 3.16. The molecule has 2 rings (SSSR count). The van der Waals surface area contributed by atoms with Crippen LogP contribution in [0.25, 0.3) is 0 Å². The van der Waals surface area contributed by atoms with Gasteiger partial charge in [-0.15, -0.1) is 0 Å². The van der Waals surface area contributed by atoms with Crippen molar-refractivity contribution in [2.24, 2.45) is 0 Å². The molecule has 1 unspecified atom stereocenters. The summed E-state index contributed by atoms with van der Waals surface area (Å²) in [5.41, 5.74) is 1.59. The lowest BCUT2D eigenvalue weighted by Crippen LogP contribution is -2.64. The maximum atomic E-state index is 9.67. The van der Waals surface area contributed by atoms with Crippen molar-refractivity contribution in [1.29, 1.82) is 5.26 Å². The van der Waals surface area contributed by atoms with Gasteiger partial charge in [-0.2, -0.15) is 5.26 Å². The molecule has 1 aromatic rings. The quantitative estimate of drug-likeness (QED) is 0.873. The van der Waals surface area contributed by atoms with Crippen molar-refractivity contribution in [3.05, 3.63) is 29.8 Å². The van der Waals surface area contributed by atoms with Crippen molar-refractivity contribution in [3.63, 3.8) is 0 Å². The molecule has 102 valence electrons. The molecule has 0 aliphatic carbocycles. The lowest BCUT2D eigenvalue weighted by Gasteiger charge is -2.52. The fourth-order valence-electron chi connectivity index (χ4n) is 3.16. The molecule has 0 amide bonds. The number of piperazine rings is 1. The molecule has 1 aliphatic heterocycles. The predicted molar refractivity (Wildman–Crippen MR) is 76.1 cm³/mol. The summed E-state index contributed by atoms with van der Waals surface area (Å²) in [6.45, 7) is 6.22. The smallest absolute Gasteiger partial charge is 0.0992 e. The Balaban J connectivity index is 2.41. The second-order valence-corrected chi connectivity index (χ2v) is 5.88. The van der Waals surface area contributed by atoms with Gasteiger partial charge in [-0.25, -0.2) is 0 Å². The van der Waals surface area contributed by atoms with E-state index in [1.807, 2.05) is 18.2 Å². The molecule has 0 saturated carbocycles. The molecule has 0 spiro atoms. The van der Waals surface area contributed by atoms with E-state index in [1.165, 1.54) is 0 Å². The zero-order valence-electron chi connectivity index (χ0n) is 11.8. The topological polar surface area (TPSA) is 50.5 Å². The van der Waals surface area contributed by atoms with E-state index < -0.39 is 0 Å². The van der Waals surface area contributed by atoms with E-state index in [0.717, 1.165) is 18.8 Å². The highest BCUT2D eigenvalue weighted by atomic mass is 16.3. The second kappa shape index (κ2) is 5.20. The van der Waals surface area contributed by atoms with Gasteiger partial charge in [0.25, 0.3) is 0 Å². The van der Waals surface area contributed by atoms with Gasteiger partial charge in [0.05, 0.1) is 24.3 Å². The lowest BCUT2D eigenvalue weighted by molar-refractivity contribution is 0.137. The van der Waals surface area contributed by atoms with Gasteiger partial charge in [-0.05, 0) is 39.1 Å². The average Bonchev–Trinajstić information content (AvgIpc) is 2.36. The fraction of sp³-hybridized carbons (Fsp3) is 0.533. The van der Waals surface area contributed by atoms with E-state index in [9.17, 15) is 5.11 Å². The Kier molecular flexibility index (Phi) is 3.79. The summed E-state index contributed by atoms with van der Waals surface area (Å²) in [5, 5.41) is 18.7. The molecule has 4 heteroatoms. The third-order valence-corrected chi connectivity index (χ3v) is 3.66. The maximum Gasteiger partial charge on any atom is 0.0992 e. The molecule has 0 aromatic heterocycles. The molecule has 4 nitrogen and oxygen atoms in total. The monoisotopic (exact) mass is 259 g/mol. The molecule has 1 N–H and O–H groups in total. The van der Waals surface area contributed by atoms with Gasteiger partial charge in [0.15, 0.2) is 0 Å². The Labute approximate surface area is 114 Å². The summed E-state index contributed by atoms with van der Waals surface area (Å²) in [5.74, 6) is 0. The predicted octanol–water partition coefficient (Wildman–Crippen LogP) is 1.45. The summed E-state index contributed by atoms with van der Waals surface area (Å²) >= 11 is 0. The van der Waals surface area contributed by atoms with Crippen LogP contribution in [0, 0.1) is 11.3 Å². The molecule has 1 fully saturated rings. The third kappa shape index (κ3) is 2.73. The van der Waals surface area contributed by atoms with Crippen molar-refractivity contribution in [2.45, 2.75) is 25.4 Å². The first-order chi connectivity index (χ1) is 8.97. The molecular formula is C15H21N3O. The molecule has 0 radical (unpaired) electrons. The number of aliphatic hydroxyl groups excluding tert-OH is 1. The Morgan fingerprint density at radius 1 is 1.47 bits per heavy atom. The maximum absolute atomic E-state index is 9.67. The molecule has 19 heavy (non-hydrogen) atoms. The number of hydrogen-bond donors (Lipinski definition) is 1. The highest BCUT2D eigenvalue weighted by molar-refractivity contribution is 5.55. The number of rotatable bonds is 2. The Morgan fingerprint density at radius 2 is 2.21 bits per heavy atom. The molecule has 1 atom stereocenters. The van der Waals surface area contributed by atoms with Crippen molar-refractivity contribution < 1.29 is 5.11 Å². The van der Waals surface area contributed by atoms with Gasteiger partial charge in [0.1, 0.15) is 0 Å². The van der Waals surface area contributed by atoms with Gasteiger partial charge in [0.2, 0.25) is 0 Å². The van der Waals surface area contributed by atoms with E-state index in [4.69, 9.17) is 5.26 Å². The number of benzene rings is 1. The van der Waals surface area contributed by atoms with Gasteiger partial charge in [-0.3, -0.25) is 0 Å². The van der Waals surface area contributed by atoms with Crippen molar-refractivity contribution in [2.75, 3.05) is 31.6 Å². The minimum atomic E-state index is -0.0749. The lowest BCUT2D eigenvalue weighted by atomic mass is 9.94. The average molecular weight is 259 g/mol. The highest BCUT2D eigenvalue weighted by Crippen LogP contribution is 2.31. The van der Waals surface area contributed by atoms with Gasteiger partial charge < -0.3 is 14.9 Å². The molecule has 1 saturated heterocycles. The van der Waals surface area contributed by atoms with Crippen LogP contribution in [0.4, 0.5) is 5.69 Å². The van der Waals surface area contributed by atoms with Gasteiger partial charge in [0, 0.05) is 24.3 Å². The zero-order valence-corrected chi connectivity index (χ0v) is 11.8. The van der Waals surface area contributed by atoms with Crippen LogP contribution < -0.4 is 4.90 Å². The number of nitriles is 1. The summed E-state index contributed by atoms with van der Waals surface area (Å²) in [4.78, 5) is 4.49. The van der Waals surface area contributed by atoms with Crippen LogP contribution in [-0.2, 0) is 0 Å². The van der Waals surface area contributed by atoms with Crippen LogP contribution in [0.5, 0.6) is 0 Å². The highest BCUT2D eigenvalue weighted by Gasteiger charge is 2.38. The number of likely N-dealkylation sites (N-methyl/N-ethyl adjacent to an activating group) is 1. The molecule has 1 aliphatic rings. The first-order valence-corrected chi connectivity index (χ1v) is 6.57. The van der Waals surface area contributed by atoms with Crippen LogP contribution in [0.2, 0.25) is 0 Å². The van der Waals surface area contributed by atoms with Crippen LogP contribution in [0.15, 0.2) is 24.3 Å². The van der Waals surface area contributed by atoms with Crippen LogP contribution >= 0.6 is 0 Å². The summed E-state index contributed by atoms with van der Waals surface area (Å²) in [6.07, 6.45) is 0. The molecule has 1 aromatic carbocycles. The molecule has 0 bridgehead atoms. The summed E-state index contributed by atoms with van der Waals surface area (Å²) in [7, 11) is 2.08. The van der Waals surface area contributed by atoms with Gasteiger partial charge >= 0.3 is 0 Å². The van der Waals surface area contributed by atoms with E-state index in [0.29, 0.717) is 5.56 Å². The number of aliphatic hydroxyl groups is 1. The van der Waals surface area contributed by atoms with E-state index in [1.54, 1.807) is 6.07 Å². The Morgan fingerprint density at radius 3 is 2.84 bits per heavy atom. The minimum absolute atomic E-state index is 0.0580. The second-order valence-electron chi connectivity index (χ2n) is 5.88. The SMILES string of the molecule is CN1CC(CO)N(c2cccc(C#N)c2)C(C)(C)C1. The molecular weight excluding hydrogens is 238 g/mol. The van der Waals surface area contributed by atoms with Crippen molar-refractivity contribution >= 4 is 5.69 Å². The number of hydrogen-bond acceptors (Lipinski definition) is 4. The van der Waals surface area contributed by atoms with Crippen LogP contribution in [-0.4, -0.2) is 48.3 Å². The summed E-state index contributed by atoms with van der Waals surface area (Å²) < 4.78 is 0. The first-order valence-electron chi connectivity index (χ1n) is 6.57. The normalized spacial score (nSPS) is 23.1. The van der Waals surface area contributed by atoms with Crippen LogP contribution in [0.3, 0.4) is 0 Å². The van der Waals surface area contributed by atoms with Crippen molar-refractivity contribution in [1.82, 2.24) is 4.90 Å². The number of anilines is 1. The standard InChI is InChI=1S/C15H21N3O/c1-15(2)11-17(3)9-14(10-19)18(15)13-6-4-5-12(7-13)8-16/h4-7,14,19H,9-11H2,1-3H3. The zero-order chi connectivity index (χ0) is 14.0. The van der Waals surface area contributed by atoms with E-state index >= 15 is 0 Å². The van der Waals surface area contributed by atoms with E-state index in [-0.39, 0.29) is 18.2 Å². The summed E-state index contributed by atoms with van der Waals surface area (Å²) in [6, 6.07) is 9.85. The first kappa shape index (κ1) is 13.9. The molecule has 1 heterocycles. The van der Waals surface area contributed by atoms with E-state index in [2.05, 4.69) is 36.8 Å². The third-order valence-electron chi connectivity index (χ3n) is 3.66. The largest absolute Gasteiger partial charge is 0.394 e. The Bertz CT molecular complexity index is 492.